The monoisotopic (exact) mass is 251 g/mol. The van der Waals surface area contributed by atoms with Crippen molar-refractivity contribution in [3.8, 4) is 0 Å². The van der Waals surface area contributed by atoms with E-state index in [2.05, 4.69) is 23.8 Å². The molecule has 2 atom stereocenters. The lowest BCUT2D eigenvalue weighted by Gasteiger charge is -2.31. The van der Waals surface area contributed by atoms with Crippen LogP contribution in [-0.2, 0) is 0 Å². The highest BCUT2D eigenvalue weighted by Crippen LogP contribution is 2.23. The van der Waals surface area contributed by atoms with E-state index >= 15 is 0 Å². The van der Waals surface area contributed by atoms with Crippen LogP contribution in [0.3, 0.4) is 0 Å². The summed E-state index contributed by atoms with van der Waals surface area (Å²) in [7, 11) is 2.10. The molecule has 3 nitrogen and oxygen atoms in total. The number of hydrogen-bond donors (Lipinski definition) is 1. The van der Waals surface area contributed by atoms with E-state index in [1.54, 1.807) is 6.07 Å². The smallest absolute Gasteiger partial charge is 0.146 e. The first kappa shape index (κ1) is 13.3. The first-order chi connectivity index (χ1) is 8.63. The Morgan fingerprint density at radius 3 is 2.78 bits per heavy atom. The van der Waals surface area contributed by atoms with Crippen LogP contribution in [0.2, 0.25) is 0 Å². The van der Waals surface area contributed by atoms with Crippen molar-refractivity contribution in [2.75, 3.05) is 31.6 Å². The molecule has 0 aliphatic carbocycles. The third kappa shape index (κ3) is 2.65. The molecule has 1 aliphatic heterocycles. The van der Waals surface area contributed by atoms with E-state index in [1.807, 2.05) is 12.1 Å². The van der Waals surface area contributed by atoms with E-state index < -0.39 is 0 Å². The van der Waals surface area contributed by atoms with Crippen molar-refractivity contribution in [1.82, 2.24) is 4.90 Å². The number of likely N-dealkylation sites (N-methyl/N-ethyl adjacent to an activating group) is 1. The lowest BCUT2D eigenvalue weighted by atomic mass is 10.2. The molecule has 1 heterocycles. The number of nitrogens with zero attached hydrogens (tertiary/aromatic N) is 2. The van der Waals surface area contributed by atoms with Crippen molar-refractivity contribution in [2.45, 2.75) is 25.4 Å². The molecule has 18 heavy (non-hydrogen) atoms. The number of anilines is 1. The third-order valence-electron chi connectivity index (χ3n) is 3.98. The molecule has 100 valence electrons. The van der Waals surface area contributed by atoms with Gasteiger partial charge >= 0.3 is 0 Å². The second-order valence-electron chi connectivity index (χ2n) is 5.09. The van der Waals surface area contributed by atoms with Gasteiger partial charge in [-0.3, -0.25) is 4.90 Å². The fraction of sp³-hybridized carbons (Fsp3) is 0.571. The molecule has 1 aromatic rings. The Balaban J connectivity index is 2.22. The Morgan fingerprint density at radius 2 is 2.11 bits per heavy atom. The molecule has 1 aromatic carbocycles. The summed E-state index contributed by atoms with van der Waals surface area (Å²) >= 11 is 0. The molecule has 2 unspecified atom stereocenters. The molecule has 0 radical (unpaired) electrons. The summed E-state index contributed by atoms with van der Waals surface area (Å²) in [6.07, 6.45) is 1.03. The van der Waals surface area contributed by atoms with Crippen LogP contribution in [-0.4, -0.2) is 43.7 Å². The zero-order valence-corrected chi connectivity index (χ0v) is 11.1. The highest BCUT2D eigenvalue weighted by Gasteiger charge is 2.26. The summed E-state index contributed by atoms with van der Waals surface area (Å²) in [6, 6.07) is 7.74. The summed E-state index contributed by atoms with van der Waals surface area (Å²) in [5.41, 5.74) is 6.53. The van der Waals surface area contributed by atoms with Gasteiger partial charge in [0.2, 0.25) is 0 Å². The predicted octanol–water partition coefficient (Wildman–Crippen LogP) is 1.68. The first-order valence-electron chi connectivity index (χ1n) is 6.55. The summed E-state index contributed by atoms with van der Waals surface area (Å²) < 4.78 is 13.8. The van der Waals surface area contributed by atoms with Crippen molar-refractivity contribution in [2.24, 2.45) is 5.73 Å². The standard InChI is InChI=1S/C14H22FN3/c1-11-7-8-18(10-12(9-16)17(11)2)14-6-4-3-5-13(14)15/h3-6,11-12H,7-10,16H2,1-2H3. The van der Waals surface area contributed by atoms with Gasteiger partial charge < -0.3 is 10.6 Å². The molecule has 2 N–H and O–H groups in total. The highest BCUT2D eigenvalue weighted by molar-refractivity contribution is 5.48. The summed E-state index contributed by atoms with van der Waals surface area (Å²) in [5.74, 6) is -0.148. The Morgan fingerprint density at radius 1 is 1.39 bits per heavy atom. The van der Waals surface area contributed by atoms with Crippen LogP contribution in [0.15, 0.2) is 24.3 Å². The van der Waals surface area contributed by atoms with Crippen LogP contribution in [0.1, 0.15) is 13.3 Å². The van der Waals surface area contributed by atoms with E-state index in [0.29, 0.717) is 18.3 Å². The molecule has 0 bridgehead atoms. The van der Waals surface area contributed by atoms with E-state index in [-0.39, 0.29) is 11.9 Å². The topological polar surface area (TPSA) is 32.5 Å². The number of nitrogens with two attached hydrogens (primary N) is 1. The largest absolute Gasteiger partial charge is 0.367 e. The van der Waals surface area contributed by atoms with E-state index in [1.165, 1.54) is 6.07 Å². The van der Waals surface area contributed by atoms with Crippen molar-refractivity contribution in [3.05, 3.63) is 30.1 Å². The van der Waals surface area contributed by atoms with E-state index in [9.17, 15) is 4.39 Å². The molecule has 1 aliphatic rings. The van der Waals surface area contributed by atoms with Gasteiger partial charge in [-0.05, 0) is 32.5 Å². The van der Waals surface area contributed by atoms with Crippen molar-refractivity contribution in [3.63, 3.8) is 0 Å². The van der Waals surface area contributed by atoms with Crippen molar-refractivity contribution < 1.29 is 4.39 Å². The van der Waals surface area contributed by atoms with Gasteiger partial charge in [-0.2, -0.15) is 0 Å². The maximum Gasteiger partial charge on any atom is 0.146 e. The average molecular weight is 251 g/mol. The summed E-state index contributed by atoms with van der Waals surface area (Å²) in [6.45, 7) is 4.47. The fourth-order valence-corrected chi connectivity index (χ4v) is 2.55. The predicted molar refractivity (Wildman–Crippen MR) is 73.3 cm³/mol. The molecule has 1 saturated heterocycles. The molecule has 0 amide bonds. The minimum atomic E-state index is -0.148. The normalized spacial score (nSPS) is 26.1. The quantitative estimate of drug-likeness (QED) is 0.868. The fourth-order valence-electron chi connectivity index (χ4n) is 2.55. The second-order valence-corrected chi connectivity index (χ2v) is 5.09. The minimum Gasteiger partial charge on any atom is -0.367 e. The van der Waals surface area contributed by atoms with Crippen molar-refractivity contribution >= 4 is 5.69 Å². The van der Waals surface area contributed by atoms with Crippen LogP contribution in [0.4, 0.5) is 10.1 Å². The Bertz CT molecular complexity index is 396. The van der Waals surface area contributed by atoms with Gasteiger partial charge in [0, 0.05) is 31.7 Å². The van der Waals surface area contributed by atoms with Gasteiger partial charge in [0.15, 0.2) is 0 Å². The first-order valence-corrected chi connectivity index (χ1v) is 6.55. The lowest BCUT2D eigenvalue weighted by molar-refractivity contribution is 0.201. The van der Waals surface area contributed by atoms with Crippen LogP contribution >= 0.6 is 0 Å². The Labute approximate surface area is 108 Å². The van der Waals surface area contributed by atoms with Crippen LogP contribution in [0, 0.1) is 5.82 Å². The number of halogens is 1. The molecule has 0 aromatic heterocycles. The van der Waals surface area contributed by atoms with E-state index in [0.717, 1.165) is 19.5 Å². The summed E-state index contributed by atoms with van der Waals surface area (Å²) in [5, 5.41) is 0. The minimum absolute atomic E-state index is 0.148. The maximum atomic E-state index is 13.8. The molecule has 1 fully saturated rings. The Kier molecular flexibility index (Phi) is 4.19. The molecular formula is C14H22FN3. The van der Waals surface area contributed by atoms with Gasteiger partial charge in [0.25, 0.3) is 0 Å². The molecule has 0 saturated carbocycles. The van der Waals surface area contributed by atoms with Gasteiger partial charge in [0.05, 0.1) is 5.69 Å². The molecule has 4 heteroatoms. The van der Waals surface area contributed by atoms with Gasteiger partial charge in [0.1, 0.15) is 5.82 Å². The van der Waals surface area contributed by atoms with E-state index in [4.69, 9.17) is 5.73 Å². The van der Waals surface area contributed by atoms with Crippen LogP contribution in [0.5, 0.6) is 0 Å². The highest BCUT2D eigenvalue weighted by atomic mass is 19.1. The lowest BCUT2D eigenvalue weighted by Crippen LogP contribution is -2.46. The third-order valence-corrected chi connectivity index (χ3v) is 3.98. The maximum absolute atomic E-state index is 13.8. The van der Waals surface area contributed by atoms with Gasteiger partial charge in [-0.25, -0.2) is 4.39 Å². The molecule has 2 rings (SSSR count). The van der Waals surface area contributed by atoms with Crippen LogP contribution < -0.4 is 10.6 Å². The second kappa shape index (κ2) is 5.67. The Hall–Kier alpha value is -1.13. The number of para-hydroxylation sites is 1. The average Bonchev–Trinajstić information content (AvgIpc) is 2.52. The molecular weight excluding hydrogens is 229 g/mol. The van der Waals surface area contributed by atoms with Crippen LogP contribution in [0.25, 0.3) is 0 Å². The summed E-state index contributed by atoms with van der Waals surface area (Å²) in [4.78, 5) is 4.42. The molecule has 0 spiro atoms. The van der Waals surface area contributed by atoms with Crippen molar-refractivity contribution in [1.29, 1.82) is 0 Å². The number of hydrogen-bond acceptors (Lipinski definition) is 3. The SMILES string of the molecule is CC1CCN(c2ccccc2F)CC(CN)N1C. The number of benzene rings is 1. The van der Waals surface area contributed by atoms with Gasteiger partial charge in [-0.15, -0.1) is 0 Å². The van der Waals surface area contributed by atoms with Gasteiger partial charge in [-0.1, -0.05) is 12.1 Å². The number of rotatable bonds is 2. The zero-order valence-electron chi connectivity index (χ0n) is 11.1. The zero-order chi connectivity index (χ0) is 13.1.